The fraction of sp³-hybridized carbons (Fsp3) is 0.286. The molecule has 1 saturated heterocycles. The third kappa shape index (κ3) is 4.40. The number of fused-ring (bicyclic) bond motifs is 1. The van der Waals surface area contributed by atoms with Gasteiger partial charge in [-0.15, -0.1) is 0 Å². The van der Waals surface area contributed by atoms with Crippen LogP contribution in [0.15, 0.2) is 65.1 Å². The number of hydrogen-bond donors (Lipinski definition) is 0. The lowest BCUT2D eigenvalue weighted by atomic mass is 10.1. The minimum absolute atomic E-state index is 0. The Hall–Kier alpha value is -3.23. The van der Waals surface area contributed by atoms with E-state index < -0.39 is 0 Å². The van der Waals surface area contributed by atoms with Gasteiger partial charge in [0.1, 0.15) is 5.82 Å². The number of anilines is 3. The summed E-state index contributed by atoms with van der Waals surface area (Å²) in [7, 11) is 5.72. The highest BCUT2D eigenvalue weighted by Gasteiger charge is 2.29. The van der Waals surface area contributed by atoms with Crippen LogP contribution >= 0.6 is 15.9 Å². The third-order valence-electron chi connectivity index (χ3n) is 7.17. The average molecular weight is 553 g/mol. The fourth-order valence-electron chi connectivity index (χ4n) is 4.95. The third-order valence-corrected chi connectivity index (χ3v) is 7.83. The highest BCUT2D eigenvalue weighted by atomic mass is 79.9. The van der Waals surface area contributed by atoms with Crippen molar-refractivity contribution >= 4 is 44.8 Å². The quantitative estimate of drug-likeness (QED) is 0.424. The Morgan fingerprint density at radius 3 is 2.53 bits per heavy atom. The average Bonchev–Trinajstić information content (AvgIpc) is 3.49. The van der Waals surface area contributed by atoms with E-state index in [1.165, 1.54) is 11.0 Å². The minimum Gasteiger partial charge on any atom is -0.368 e. The maximum Gasteiger partial charge on any atom is 0.259 e. The normalized spacial score (nSPS) is 17.2. The van der Waals surface area contributed by atoms with E-state index in [9.17, 15) is 9.59 Å². The van der Waals surface area contributed by atoms with Crippen molar-refractivity contribution in [2.24, 2.45) is 0 Å². The molecule has 2 heterocycles. The molecule has 3 aromatic rings. The lowest BCUT2D eigenvalue weighted by molar-refractivity contribution is 0.0988. The number of amides is 2. The molecule has 2 aliphatic heterocycles. The van der Waals surface area contributed by atoms with Crippen LogP contribution in [0.2, 0.25) is 0 Å². The molecular formula is C28H30BrFN4O2. The van der Waals surface area contributed by atoms with Gasteiger partial charge in [-0.25, -0.2) is 4.39 Å². The Morgan fingerprint density at radius 2 is 1.86 bits per heavy atom. The standard InChI is InChI=1S/C28H28BrFN4O2.H2/c1-31(2)21-12-13-33(17-21)26-11-9-19(15-25(26)30)32(3)27(35)23-10-8-20(14-24(23)29)34-16-18-6-4-5-7-22(18)28(34)36;/h4-11,14-15,21H,12-13,16-17H2,1-3H3;1H. The Bertz CT molecular complexity index is 1350. The summed E-state index contributed by atoms with van der Waals surface area (Å²) in [5.41, 5.74) is 3.86. The summed E-state index contributed by atoms with van der Waals surface area (Å²) in [5, 5.41) is 0. The summed E-state index contributed by atoms with van der Waals surface area (Å²) >= 11 is 3.51. The topological polar surface area (TPSA) is 47.1 Å². The van der Waals surface area contributed by atoms with Gasteiger partial charge in [-0.05, 0) is 84.5 Å². The molecule has 0 saturated carbocycles. The summed E-state index contributed by atoms with van der Waals surface area (Å²) < 4.78 is 15.6. The van der Waals surface area contributed by atoms with Crippen molar-refractivity contribution in [3.8, 4) is 0 Å². The first-order chi connectivity index (χ1) is 17.2. The zero-order valence-electron chi connectivity index (χ0n) is 20.5. The Kier molecular flexibility index (Phi) is 6.57. The highest BCUT2D eigenvalue weighted by Crippen LogP contribution is 2.33. The Morgan fingerprint density at radius 1 is 1.08 bits per heavy atom. The summed E-state index contributed by atoms with van der Waals surface area (Å²) in [4.78, 5) is 33.5. The van der Waals surface area contributed by atoms with Crippen molar-refractivity contribution < 1.29 is 15.4 Å². The molecule has 36 heavy (non-hydrogen) atoms. The van der Waals surface area contributed by atoms with Gasteiger partial charge in [-0.1, -0.05) is 18.2 Å². The van der Waals surface area contributed by atoms with Crippen molar-refractivity contribution in [1.82, 2.24) is 4.90 Å². The molecule has 1 unspecified atom stereocenters. The first-order valence-electron chi connectivity index (χ1n) is 11.9. The second kappa shape index (κ2) is 9.67. The zero-order valence-corrected chi connectivity index (χ0v) is 22.1. The van der Waals surface area contributed by atoms with Crippen molar-refractivity contribution in [2.45, 2.75) is 19.0 Å². The van der Waals surface area contributed by atoms with E-state index in [-0.39, 0.29) is 19.1 Å². The Labute approximate surface area is 220 Å². The summed E-state index contributed by atoms with van der Waals surface area (Å²) in [6, 6.07) is 18.2. The molecular weight excluding hydrogens is 523 g/mol. The SMILES string of the molecule is CN(C(=O)c1ccc(N2Cc3ccccc3C2=O)cc1Br)c1ccc(N2CCC(N(C)C)C2)c(F)c1.[HH]. The molecule has 3 aromatic carbocycles. The first kappa shape index (κ1) is 24.5. The van der Waals surface area contributed by atoms with Gasteiger partial charge < -0.3 is 19.6 Å². The van der Waals surface area contributed by atoms with Gasteiger partial charge in [-0.3, -0.25) is 9.59 Å². The maximum absolute atomic E-state index is 15.1. The maximum atomic E-state index is 15.1. The van der Waals surface area contributed by atoms with Crippen LogP contribution in [0.3, 0.4) is 0 Å². The van der Waals surface area contributed by atoms with Gasteiger partial charge >= 0.3 is 0 Å². The molecule has 188 valence electrons. The van der Waals surface area contributed by atoms with E-state index in [1.54, 1.807) is 42.3 Å². The van der Waals surface area contributed by atoms with E-state index in [1.807, 2.05) is 38.4 Å². The number of likely N-dealkylation sites (N-methyl/N-ethyl adjacent to an activating group) is 1. The number of benzene rings is 3. The predicted molar refractivity (Wildman–Crippen MR) is 147 cm³/mol. The van der Waals surface area contributed by atoms with E-state index in [0.29, 0.717) is 45.2 Å². The second-order valence-corrected chi connectivity index (χ2v) is 10.4. The van der Waals surface area contributed by atoms with Gasteiger partial charge in [0.15, 0.2) is 0 Å². The summed E-state index contributed by atoms with van der Waals surface area (Å²) in [6.07, 6.45) is 0.992. The number of carbonyl (C=O) groups excluding carboxylic acids is 2. The van der Waals surface area contributed by atoms with Crippen LogP contribution in [-0.4, -0.2) is 57.0 Å². The van der Waals surface area contributed by atoms with Crippen LogP contribution in [0.4, 0.5) is 21.5 Å². The fourth-order valence-corrected chi connectivity index (χ4v) is 5.49. The van der Waals surface area contributed by atoms with Crippen LogP contribution in [-0.2, 0) is 6.54 Å². The molecule has 0 aromatic heterocycles. The van der Waals surface area contributed by atoms with Crippen molar-refractivity contribution in [3.05, 3.63) is 87.6 Å². The molecule has 0 N–H and O–H groups in total. The van der Waals surface area contributed by atoms with Crippen LogP contribution in [0.5, 0.6) is 0 Å². The summed E-state index contributed by atoms with van der Waals surface area (Å²) in [6.45, 7) is 2.08. The molecule has 5 rings (SSSR count). The van der Waals surface area contributed by atoms with Gasteiger partial charge in [0, 0.05) is 49.0 Å². The van der Waals surface area contributed by atoms with Crippen LogP contribution in [0.1, 0.15) is 34.1 Å². The van der Waals surface area contributed by atoms with Crippen molar-refractivity contribution in [2.75, 3.05) is 48.9 Å². The number of hydrogen-bond acceptors (Lipinski definition) is 4. The smallest absolute Gasteiger partial charge is 0.259 e. The van der Waals surface area contributed by atoms with E-state index in [2.05, 4.69) is 25.7 Å². The number of halogens is 2. The number of nitrogens with zero attached hydrogens (tertiary/aromatic N) is 4. The molecule has 6 nitrogen and oxygen atoms in total. The minimum atomic E-state index is -0.340. The zero-order chi connectivity index (χ0) is 25.6. The monoisotopic (exact) mass is 552 g/mol. The van der Waals surface area contributed by atoms with E-state index in [0.717, 1.165) is 25.1 Å². The molecule has 8 heteroatoms. The molecule has 0 radical (unpaired) electrons. The molecule has 1 atom stereocenters. The van der Waals surface area contributed by atoms with Gasteiger partial charge in [0.25, 0.3) is 11.8 Å². The number of rotatable bonds is 5. The first-order valence-corrected chi connectivity index (χ1v) is 12.7. The molecule has 0 bridgehead atoms. The van der Waals surface area contributed by atoms with Gasteiger partial charge in [-0.2, -0.15) is 0 Å². The molecule has 0 aliphatic carbocycles. The Balaban J connectivity index is 0.00000320. The van der Waals surface area contributed by atoms with E-state index in [4.69, 9.17) is 0 Å². The molecule has 2 aliphatic rings. The lowest BCUT2D eigenvalue weighted by Crippen LogP contribution is -2.31. The number of carbonyl (C=O) groups is 2. The molecule has 1 fully saturated rings. The van der Waals surface area contributed by atoms with Crippen molar-refractivity contribution in [1.29, 1.82) is 0 Å². The van der Waals surface area contributed by atoms with E-state index >= 15 is 4.39 Å². The van der Waals surface area contributed by atoms with Crippen LogP contribution in [0.25, 0.3) is 0 Å². The molecule has 0 spiro atoms. The largest absolute Gasteiger partial charge is 0.368 e. The lowest BCUT2D eigenvalue weighted by Gasteiger charge is -2.24. The summed E-state index contributed by atoms with van der Waals surface area (Å²) in [5.74, 6) is -0.669. The van der Waals surface area contributed by atoms with Gasteiger partial charge in [0.2, 0.25) is 0 Å². The molecule has 2 amide bonds. The van der Waals surface area contributed by atoms with Crippen LogP contribution < -0.4 is 14.7 Å². The van der Waals surface area contributed by atoms with Crippen molar-refractivity contribution in [3.63, 3.8) is 0 Å². The second-order valence-electron chi connectivity index (χ2n) is 9.56. The van der Waals surface area contributed by atoms with Gasteiger partial charge in [0.05, 0.1) is 17.8 Å². The van der Waals surface area contributed by atoms with Crippen LogP contribution in [0, 0.1) is 5.82 Å². The highest BCUT2D eigenvalue weighted by molar-refractivity contribution is 9.10. The predicted octanol–water partition coefficient (Wildman–Crippen LogP) is 5.41.